The van der Waals surface area contributed by atoms with Crippen LogP contribution in [0.2, 0.25) is 0 Å². The van der Waals surface area contributed by atoms with Crippen LogP contribution in [0.5, 0.6) is 0 Å². The van der Waals surface area contributed by atoms with Crippen molar-refractivity contribution in [3.63, 3.8) is 0 Å². The quantitative estimate of drug-likeness (QED) is 0.184. The lowest BCUT2D eigenvalue weighted by molar-refractivity contribution is 0.0954. The molecule has 5 nitrogen and oxygen atoms in total. The SMILES string of the molecule is Cc1cc(/C=N/NC(=O)c2cc(C)n(-c3ccc(F)cc3)c2C)c(C)n1-c1ccc(I)cc1. The van der Waals surface area contributed by atoms with E-state index in [4.69, 9.17) is 0 Å². The molecule has 0 spiro atoms. The summed E-state index contributed by atoms with van der Waals surface area (Å²) >= 11 is 2.29. The van der Waals surface area contributed by atoms with Gasteiger partial charge in [-0.3, -0.25) is 4.79 Å². The summed E-state index contributed by atoms with van der Waals surface area (Å²) < 4.78 is 18.6. The van der Waals surface area contributed by atoms with E-state index in [2.05, 4.69) is 62.0 Å². The Labute approximate surface area is 206 Å². The number of halogens is 2. The highest BCUT2D eigenvalue weighted by atomic mass is 127. The van der Waals surface area contributed by atoms with E-state index in [0.29, 0.717) is 5.56 Å². The molecule has 2 aromatic heterocycles. The van der Waals surface area contributed by atoms with Gasteiger partial charge in [-0.15, -0.1) is 0 Å². The van der Waals surface area contributed by atoms with Crippen molar-refractivity contribution >= 4 is 34.7 Å². The third-order valence-corrected chi connectivity index (χ3v) is 6.40. The lowest BCUT2D eigenvalue weighted by Crippen LogP contribution is -2.18. The van der Waals surface area contributed by atoms with Crippen LogP contribution < -0.4 is 5.43 Å². The Kier molecular flexibility index (Phi) is 6.51. The molecule has 2 aromatic carbocycles. The molecule has 1 amide bonds. The molecular formula is C26H24FIN4O. The molecule has 0 aliphatic heterocycles. The number of carbonyl (C=O) groups is 1. The molecule has 0 atom stereocenters. The minimum Gasteiger partial charge on any atom is -0.318 e. The van der Waals surface area contributed by atoms with Gasteiger partial charge in [0, 0.05) is 43.3 Å². The Hall–Kier alpha value is -3.20. The monoisotopic (exact) mass is 554 g/mol. The second-order valence-corrected chi connectivity index (χ2v) is 9.18. The lowest BCUT2D eigenvalue weighted by Gasteiger charge is -2.10. The molecule has 0 bridgehead atoms. The number of hydrogen-bond donors (Lipinski definition) is 1. The molecule has 0 saturated heterocycles. The summed E-state index contributed by atoms with van der Waals surface area (Å²) in [7, 11) is 0. The van der Waals surface area contributed by atoms with Crippen molar-refractivity contribution < 1.29 is 9.18 Å². The first-order chi connectivity index (χ1) is 15.8. The predicted octanol–water partition coefficient (Wildman–Crippen LogP) is 6.01. The molecule has 0 fully saturated rings. The highest BCUT2D eigenvalue weighted by Gasteiger charge is 2.16. The second kappa shape index (κ2) is 9.35. The summed E-state index contributed by atoms with van der Waals surface area (Å²) in [5.74, 6) is -0.589. The van der Waals surface area contributed by atoms with Crippen molar-refractivity contribution in [3.8, 4) is 11.4 Å². The van der Waals surface area contributed by atoms with Gasteiger partial charge in [-0.2, -0.15) is 5.10 Å². The zero-order valence-electron chi connectivity index (χ0n) is 18.9. The maximum atomic E-state index is 13.3. The Morgan fingerprint density at radius 1 is 0.879 bits per heavy atom. The number of aryl methyl sites for hydroxylation is 2. The van der Waals surface area contributed by atoms with Gasteiger partial charge < -0.3 is 9.13 Å². The number of nitrogens with zero attached hydrogens (tertiary/aromatic N) is 3. The van der Waals surface area contributed by atoms with E-state index in [1.807, 2.05) is 44.4 Å². The summed E-state index contributed by atoms with van der Waals surface area (Å²) in [4.78, 5) is 12.8. The summed E-state index contributed by atoms with van der Waals surface area (Å²) in [5, 5.41) is 4.21. The number of amides is 1. The van der Waals surface area contributed by atoms with Crippen LogP contribution in [0, 0.1) is 37.1 Å². The summed E-state index contributed by atoms with van der Waals surface area (Å²) in [6.45, 7) is 7.86. The smallest absolute Gasteiger partial charge is 0.273 e. The fourth-order valence-electron chi connectivity index (χ4n) is 4.11. The zero-order valence-corrected chi connectivity index (χ0v) is 21.0. The molecule has 0 saturated carbocycles. The predicted molar refractivity (Wildman–Crippen MR) is 138 cm³/mol. The zero-order chi connectivity index (χ0) is 23.7. The summed E-state index contributed by atoms with van der Waals surface area (Å²) in [5.41, 5.74) is 9.77. The Morgan fingerprint density at radius 3 is 2.06 bits per heavy atom. The van der Waals surface area contributed by atoms with Crippen LogP contribution >= 0.6 is 22.6 Å². The van der Waals surface area contributed by atoms with Gasteiger partial charge in [-0.25, -0.2) is 9.82 Å². The largest absolute Gasteiger partial charge is 0.318 e. The molecule has 4 rings (SSSR count). The van der Waals surface area contributed by atoms with Crippen molar-refractivity contribution in [2.45, 2.75) is 27.7 Å². The van der Waals surface area contributed by atoms with E-state index >= 15 is 0 Å². The van der Waals surface area contributed by atoms with E-state index in [9.17, 15) is 9.18 Å². The minimum atomic E-state index is -0.296. The maximum Gasteiger partial charge on any atom is 0.273 e. The lowest BCUT2D eigenvalue weighted by atomic mass is 10.2. The van der Waals surface area contributed by atoms with Crippen LogP contribution in [0.25, 0.3) is 11.4 Å². The molecule has 2 heterocycles. The molecule has 168 valence electrons. The number of hydrogen-bond acceptors (Lipinski definition) is 2. The van der Waals surface area contributed by atoms with E-state index in [1.165, 1.54) is 15.7 Å². The minimum absolute atomic E-state index is 0.292. The van der Waals surface area contributed by atoms with Gasteiger partial charge in [0.15, 0.2) is 0 Å². The van der Waals surface area contributed by atoms with Crippen molar-refractivity contribution in [1.82, 2.24) is 14.6 Å². The standard InChI is InChI=1S/C26H24FIN4O/c1-16-13-20(18(3)31(16)24-11-7-22(28)8-12-24)15-29-30-26(33)25-14-17(2)32(19(25)4)23-9-5-21(27)6-10-23/h5-15H,1-4H3,(H,30,33)/b29-15+. The fraction of sp³-hybridized carbons (Fsp3) is 0.154. The molecule has 0 unspecified atom stereocenters. The van der Waals surface area contributed by atoms with Gasteiger partial charge in [-0.1, -0.05) is 0 Å². The van der Waals surface area contributed by atoms with Crippen LogP contribution in [0.1, 0.15) is 38.7 Å². The van der Waals surface area contributed by atoms with Gasteiger partial charge in [0.2, 0.25) is 0 Å². The topological polar surface area (TPSA) is 51.3 Å². The summed E-state index contributed by atoms with van der Waals surface area (Å²) in [6.07, 6.45) is 1.67. The van der Waals surface area contributed by atoms with Gasteiger partial charge >= 0.3 is 0 Å². The first kappa shape index (κ1) is 23.0. The van der Waals surface area contributed by atoms with Gasteiger partial charge in [0.25, 0.3) is 5.91 Å². The van der Waals surface area contributed by atoms with Crippen LogP contribution in [0.4, 0.5) is 4.39 Å². The van der Waals surface area contributed by atoms with Gasteiger partial charge in [0.05, 0.1) is 11.8 Å². The van der Waals surface area contributed by atoms with E-state index in [0.717, 1.165) is 39.7 Å². The molecule has 0 aliphatic carbocycles. The van der Waals surface area contributed by atoms with E-state index in [-0.39, 0.29) is 11.7 Å². The molecular weight excluding hydrogens is 530 g/mol. The van der Waals surface area contributed by atoms with Crippen molar-refractivity contribution in [3.05, 3.63) is 104 Å². The second-order valence-electron chi connectivity index (χ2n) is 7.93. The summed E-state index contributed by atoms with van der Waals surface area (Å²) in [6, 6.07) is 18.4. The van der Waals surface area contributed by atoms with Crippen molar-refractivity contribution in [2.24, 2.45) is 5.10 Å². The third kappa shape index (κ3) is 4.64. The molecule has 4 aromatic rings. The highest BCUT2D eigenvalue weighted by molar-refractivity contribution is 14.1. The first-order valence-corrected chi connectivity index (χ1v) is 11.6. The average Bonchev–Trinajstić information content (AvgIpc) is 3.24. The Balaban J connectivity index is 1.54. The van der Waals surface area contributed by atoms with E-state index < -0.39 is 0 Å². The van der Waals surface area contributed by atoms with Crippen molar-refractivity contribution in [1.29, 1.82) is 0 Å². The number of rotatable bonds is 5. The maximum absolute atomic E-state index is 13.3. The Morgan fingerprint density at radius 2 is 1.42 bits per heavy atom. The molecule has 1 N–H and O–H groups in total. The number of hydrazone groups is 1. The normalized spacial score (nSPS) is 11.3. The number of nitrogens with one attached hydrogen (secondary N) is 1. The molecule has 7 heteroatoms. The molecule has 33 heavy (non-hydrogen) atoms. The number of benzene rings is 2. The van der Waals surface area contributed by atoms with Crippen molar-refractivity contribution in [2.75, 3.05) is 0 Å². The van der Waals surface area contributed by atoms with Crippen LogP contribution in [-0.4, -0.2) is 21.3 Å². The van der Waals surface area contributed by atoms with Crippen LogP contribution in [0.15, 0.2) is 65.8 Å². The van der Waals surface area contributed by atoms with E-state index in [1.54, 1.807) is 18.3 Å². The van der Waals surface area contributed by atoms with Crippen LogP contribution in [-0.2, 0) is 0 Å². The highest BCUT2D eigenvalue weighted by Crippen LogP contribution is 2.22. The Bertz CT molecular complexity index is 1350. The molecule has 0 aliphatic rings. The fourth-order valence-corrected chi connectivity index (χ4v) is 4.47. The van der Waals surface area contributed by atoms with Gasteiger partial charge in [-0.05, 0) is 111 Å². The van der Waals surface area contributed by atoms with Crippen LogP contribution in [0.3, 0.4) is 0 Å². The number of aromatic nitrogens is 2. The van der Waals surface area contributed by atoms with Gasteiger partial charge in [0.1, 0.15) is 5.82 Å². The first-order valence-electron chi connectivity index (χ1n) is 10.5. The third-order valence-electron chi connectivity index (χ3n) is 5.69. The molecule has 0 radical (unpaired) electrons. The number of carbonyl (C=O) groups excluding carboxylic acids is 1. The average molecular weight is 554 g/mol.